The van der Waals surface area contributed by atoms with Gasteiger partial charge in [-0.1, -0.05) is 11.6 Å². The molecule has 0 atom stereocenters. The summed E-state index contributed by atoms with van der Waals surface area (Å²) < 4.78 is 58.9. The molecule has 1 heterocycles. The van der Waals surface area contributed by atoms with E-state index in [0.29, 0.717) is 6.20 Å². The van der Waals surface area contributed by atoms with Gasteiger partial charge in [-0.2, -0.15) is 4.39 Å². The average Bonchev–Trinajstić information content (AvgIpc) is 2.00. The Morgan fingerprint density at radius 2 is 2.00 bits per heavy atom. The van der Waals surface area contributed by atoms with E-state index in [9.17, 15) is 21.6 Å². The van der Waals surface area contributed by atoms with Crippen LogP contribution >= 0.6 is 11.6 Å². The van der Waals surface area contributed by atoms with Crippen LogP contribution in [0, 0.1) is 5.95 Å². The van der Waals surface area contributed by atoms with E-state index < -0.39 is 37.9 Å². The molecule has 0 fully saturated rings. The first-order chi connectivity index (χ1) is 6.75. The number of pyridine rings is 1. The maximum atomic E-state index is 12.8. The average molecular weight is 261 g/mol. The van der Waals surface area contributed by atoms with Crippen LogP contribution in [0.4, 0.5) is 13.2 Å². The SMILES string of the molecule is NS(=O)(=O)c1cnc(F)c(C(F)F)c1Cl. The molecule has 0 spiro atoms. The Hall–Kier alpha value is -0.860. The predicted octanol–water partition coefficient (Wildman–Crippen LogP) is 1.46. The van der Waals surface area contributed by atoms with Gasteiger partial charge in [0.1, 0.15) is 4.90 Å². The Kier molecular flexibility index (Phi) is 3.22. The number of aromatic nitrogens is 1. The Balaban J connectivity index is 3.56. The first kappa shape index (κ1) is 12.2. The van der Waals surface area contributed by atoms with E-state index >= 15 is 0 Å². The molecule has 0 bridgehead atoms. The summed E-state index contributed by atoms with van der Waals surface area (Å²) in [5.41, 5.74) is -1.27. The summed E-state index contributed by atoms with van der Waals surface area (Å²) in [5.74, 6) is -1.53. The van der Waals surface area contributed by atoms with Crippen molar-refractivity contribution in [2.75, 3.05) is 0 Å². The maximum Gasteiger partial charge on any atom is 0.269 e. The van der Waals surface area contributed by atoms with Gasteiger partial charge in [0.15, 0.2) is 0 Å². The zero-order valence-electron chi connectivity index (χ0n) is 6.92. The first-order valence-electron chi connectivity index (χ1n) is 3.40. The molecule has 0 saturated carbocycles. The second-order valence-corrected chi connectivity index (χ2v) is 4.39. The number of alkyl halides is 2. The van der Waals surface area contributed by atoms with Crippen molar-refractivity contribution in [3.63, 3.8) is 0 Å². The highest BCUT2D eigenvalue weighted by Gasteiger charge is 2.25. The minimum atomic E-state index is -4.30. The predicted molar refractivity (Wildman–Crippen MR) is 45.5 cm³/mol. The number of primary sulfonamides is 1. The maximum absolute atomic E-state index is 12.8. The fraction of sp³-hybridized carbons (Fsp3) is 0.167. The number of nitrogens with two attached hydrogens (primary N) is 1. The van der Waals surface area contributed by atoms with Gasteiger partial charge < -0.3 is 0 Å². The molecule has 4 nitrogen and oxygen atoms in total. The second kappa shape index (κ2) is 3.95. The third kappa shape index (κ3) is 2.39. The van der Waals surface area contributed by atoms with Crippen molar-refractivity contribution in [3.8, 4) is 0 Å². The van der Waals surface area contributed by atoms with Gasteiger partial charge >= 0.3 is 0 Å². The zero-order valence-corrected chi connectivity index (χ0v) is 8.49. The molecule has 0 aliphatic carbocycles. The molecule has 0 unspecified atom stereocenters. The summed E-state index contributed by atoms with van der Waals surface area (Å²) in [6.45, 7) is 0. The van der Waals surface area contributed by atoms with E-state index in [4.69, 9.17) is 11.6 Å². The summed E-state index contributed by atoms with van der Waals surface area (Å²) in [4.78, 5) is 2.00. The van der Waals surface area contributed by atoms with Crippen LogP contribution in [0.5, 0.6) is 0 Å². The molecule has 0 amide bonds. The number of nitrogens with zero attached hydrogens (tertiary/aromatic N) is 1. The summed E-state index contributed by atoms with van der Waals surface area (Å²) >= 11 is 5.27. The highest BCUT2D eigenvalue weighted by atomic mass is 35.5. The van der Waals surface area contributed by atoms with E-state index in [1.54, 1.807) is 0 Å². The Labute approximate surface area is 87.9 Å². The van der Waals surface area contributed by atoms with Crippen LogP contribution in [0.3, 0.4) is 0 Å². The molecule has 9 heteroatoms. The molecule has 1 aromatic heterocycles. The summed E-state index contributed by atoms with van der Waals surface area (Å²) in [6, 6.07) is 0. The second-order valence-electron chi connectivity index (χ2n) is 2.49. The van der Waals surface area contributed by atoms with Crippen molar-refractivity contribution >= 4 is 21.6 Å². The lowest BCUT2D eigenvalue weighted by molar-refractivity contribution is 0.145. The van der Waals surface area contributed by atoms with Crippen LogP contribution in [-0.4, -0.2) is 13.4 Å². The number of hydrogen-bond acceptors (Lipinski definition) is 3. The summed E-state index contributed by atoms with van der Waals surface area (Å²) in [6.07, 6.45) is -2.79. The lowest BCUT2D eigenvalue weighted by Gasteiger charge is -2.07. The van der Waals surface area contributed by atoms with Crippen molar-refractivity contribution in [3.05, 3.63) is 22.7 Å². The molecule has 0 aromatic carbocycles. The third-order valence-electron chi connectivity index (χ3n) is 1.49. The van der Waals surface area contributed by atoms with Crippen molar-refractivity contribution < 1.29 is 21.6 Å². The molecule has 84 valence electrons. The van der Waals surface area contributed by atoms with E-state index in [0.717, 1.165) is 0 Å². The van der Waals surface area contributed by atoms with Crippen LogP contribution in [0.25, 0.3) is 0 Å². The molecule has 1 rings (SSSR count). The van der Waals surface area contributed by atoms with Crippen molar-refractivity contribution in [1.82, 2.24) is 4.98 Å². The summed E-state index contributed by atoms with van der Waals surface area (Å²) in [7, 11) is -4.30. The molecule has 0 radical (unpaired) electrons. The molecule has 2 N–H and O–H groups in total. The van der Waals surface area contributed by atoms with Crippen molar-refractivity contribution in [2.24, 2.45) is 5.14 Å². The fourth-order valence-corrected chi connectivity index (χ4v) is 1.94. The molecular formula is C6H4ClF3N2O2S. The fourth-order valence-electron chi connectivity index (χ4n) is 0.849. The van der Waals surface area contributed by atoms with E-state index in [-0.39, 0.29) is 0 Å². The van der Waals surface area contributed by atoms with E-state index in [2.05, 4.69) is 10.1 Å². The van der Waals surface area contributed by atoms with Crippen LogP contribution < -0.4 is 5.14 Å². The van der Waals surface area contributed by atoms with Gasteiger partial charge in [-0.05, 0) is 0 Å². The highest BCUT2D eigenvalue weighted by Crippen LogP contribution is 2.32. The van der Waals surface area contributed by atoms with Crippen LogP contribution in [0.2, 0.25) is 5.02 Å². The van der Waals surface area contributed by atoms with Gasteiger partial charge in [-0.3, -0.25) is 0 Å². The normalized spacial score (nSPS) is 12.1. The van der Waals surface area contributed by atoms with Gasteiger partial charge in [-0.25, -0.2) is 27.3 Å². The lowest BCUT2D eigenvalue weighted by atomic mass is 10.3. The molecular weight excluding hydrogens is 257 g/mol. The zero-order chi connectivity index (χ0) is 11.8. The van der Waals surface area contributed by atoms with Crippen molar-refractivity contribution in [2.45, 2.75) is 11.3 Å². The number of halogens is 4. The lowest BCUT2D eigenvalue weighted by Crippen LogP contribution is -2.14. The number of rotatable bonds is 2. The van der Waals surface area contributed by atoms with Gasteiger partial charge in [0.05, 0.1) is 16.8 Å². The molecule has 0 saturated heterocycles. The Bertz CT molecular complexity index is 491. The Morgan fingerprint density at radius 3 is 2.40 bits per heavy atom. The smallest absolute Gasteiger partial charge is 0.226 e. The van der Waals surface area contributed by atoms with Gasteiger partial charge in [-0.15, -0.1) is 0 Å². The van der Waals surface area contributed by atoms with Gasteiger partial charge in [0.25, 0.3) is 6.43 Å². The number of sulfonamides is 1. The minimum Gasteiger partial charge on any atom is -0.226 e. The van der Waals surface area contributed by atoms with Crippen LogP contribution in [-0.2, 0) is 10.0 Å². The highest BCUT2D eigenvalue weighted by molar-refractivity contribution is 7.89. The van der Waals surface area contributed by atoms with Gasteiger partial charge in [0.2, 0.25) is 16.0 Å². The molecule has 0 aliphatic rings. The quantitative estimate of drug-likeness (QED) is 0.818. The molecule has 0 aliphatic heterocycles. The molecule has 1 aromatic rings. The summed E-state index contributed by atoms with van der Waals surface area (Å²) in [5, 5.41) is 3.71. The van der Waals surface area contributed by atoms with Crippen LogP contribution in [0.1, 0.15) is 12.0 Å². The largest absolute Gasteiger partial charge is 0.269 e. The number of hydrogen-bond donors (Lipinski definition) is 1. The first-order valence-corrected chi connectivity index (χ1v) is 5.32. The molecule has 15 heavy (non-hydrogen) atoms. The van der Waals surface area contributed by atoms with Crippen LogP contribution in [0.15, 0.2) is 11.1 Å². The third-order valence-corrected chi connectivity index (χ3v) is 2.94. The standard InChI is InChI=1S/C6H4ClF3N2O2S/c7-4-2(15(11,13)14)1-12-6(10)3(4)5(8)9/h1,5H,(H2,11,13,14). The minimum absolute atomic E-state index is 0.485. The van der Waals surface area contributed by atoms with Crippen molar-refractivity contribution in [1.29, 1.82) is 0 Å². The Morgan fingerprint density at radius 1 is 1.47 bits per heavy atom. The monoisotopic (exact) mass is 260 g/mol. The van der Waals surface area contributed by atoms with Gasteiger partial charge in [0, 0.05) is 0 Å². The van der Waals surface area contributed by atoms with E-state index in [1.165, 1.54) is 0 Å². The topological polar surface area (TPSA) is 73.1 Å². The van der Waals surface area contributed by atoms with E-state index in [1.807, 2.05) is 0 Å².